The molecule has 0 radical (unpaired) electrons. The predicted octanol–water partition coefficient (Wildman–Crippen LogP) is 3.16. The summed E-state index contributed by atoms with van der Waals surface area (Å²) in [5, 5.41) is 3.48. The molecule has 31 heavy (non-hydrogen) atoms. The van der Waals surface area contributed by atoms with Gasteiger partial charge in [-0.05, 0) is 40.8 Å². The second-order valence-corrected chi connectivity index (χ2v) is 7.97. The number of carbonyl (C=O) groups is 1. The number of urea groups is 1. The van der Waals surface area contributed by atoms with Crippen LogP contribution in [0.1, 0.15) is 28.4 Å². The Kier molecular flexibility index (Phi) is 4.51. The monoisotopic (exact) mass is 428 g/mol. The molecule has 0 bridgehead atoms. The standard InChI is InChI=1S/C22H19F3N4O2/c1-28(22(31)29-9-11-2-3-13(23)4-12(11)10-29)19-8-26-7-18-20(19)14-5-16(24)17(25)6-15(14)21(30)27-18/h2-6,19,26H,7-10H2,1H3,(H,27,30)/t19-/m1/s1. The van der Waals surface area contributed by atoms with Crippen molar-refractivity contribution in [1.29, 1.82) is 0 Å². The highest BCUT2D eigenvalue weighted by molar-refractivity contribution is 5.87. The Labute approximate surface area is 175 Å². The maximum atomic E-state index is 14.0. The number of aromatic amines is 1. The lowest BCUT2D eigenvalue weighted by Crippen LogP contribution is -2.46. The van der Waals surface area contributed by atoms with Gasteiger partial charge in [0.05, 0.1) is 11.4 Å². The topological polar surface area (TPSA) is 68.4 Å². The summed E-state index contributed by atoms with van der Waals surface area (Å²) in [6, 6.07) is 5.58. The van der Waals surface area contributed by atoms with Gasteiger partial charge in [0, 0.05) is 44.5 Å². The van der Waals surface area contributed by atoms with Crippen LogP contribution < -0.4 is 10.9 Å². The Bertz CT molecular complexity index is 1290. The third kappa shape index (κ3) is 3.16. The summed E-state index contributed by atoms with van der Waals surface area (Å²) in [4.78, 5) is 31.5. The van der Waals surface area contributed by atoms with E-state index in [0.717, 1.165) is 23.3 Å². The smallest absolute Gasteiger partial charge is 0.320 e. The molecule has 0 spiro atoms. The third-order valence-electron chi connectivity index (χ3n) is 6.09. The summed E-state index contributed by atoms with van der Waals surface area (Å²) >= 11 is 0. The molecule has 0 saturated heterocycles. The number of H-pyrrole nitrogens is 1. The molecule has 0 fully saturated rings. The summed E-state index contributed by atoms with van der Waals surface area (Å²) in [6.07, 6.45) is 0. The Balaban J connectivity index is 1.53. The van der Waals surface area contributed by atoms with Crippen molar-refractivity contribution in [3.63, 3.8) is 0 Å². The van der Waals surface area contributed by atoms with Crippen molar-refractivity contribution in [3.8, 4) is 0 Å². The van der Waals surface area contributed by atoms with Gasteiger partial charge in [-0.2, -0.15) is 0 Å². The largest absolute Gasteiger partial charge is 0.324 e. The molecule has 2 amide bonds. The molecule has 9 heteroatoms. The normalized spacial score (nSPS) is 17.5. The van der Waals surface area contributed by atoms with E-state index in [-0.39, 0.29) is 29.2 Å². The fourth-order valence-corrected chi connectivity index (χ4v) is 4.53. The lowest BCUT2D eigenvalue weighted by Gasteiger charge is -2.36. The van der Waals surface area contributed by atoms with Gasteiger partial charge >= 0.3 is 6.03 Å². The molecule has 0 saturated carbocycles. The number of halogens is 3. The van der Waals surface area contributed by atoms with Gasteiger partial charge in [-0.25, -0.2) is 18.0 Å². The zero-order chi connectivity index (χ0) is 21.9. The van der Waals surface area contributed by atoms with Crippen molar-refractivity contribution in [1.82, 2.24) is 20.1 Å². The van der Waals surface area contributed by atoms with Crippen molar-refractivity contribution in [2.24, 2.45) is 0 Å². The van der Waals surface area contributed by atoms with Gasteiger partial charge in [-0.1, -0.05) is 6.07 Å². The molecule has 0 unspecified atom stereocenters. The highest BCUT2D eigenvalue weighted by Gasteiger charge is 2.34. The minimum atomic E-state index is -1.10. The molecule has 2 aromatic carbocycles. The first-order valence-electron chi connectivity index (χ1n) is 9.87. The van der Waals surface area contributed by atoms with E-state index >= 15 is 0 Å². The lowest BCUT2D eigenvalue weighted by molar-refractivity contribution is 0.143. The maximum absolute atomic E-state index is 14.0. The first-order valence-corrected chi connectivity index (χ1v) is 9.87. The van der Waals surface area contributed by atoms with Crippen LogP contribution >= 0.6 is 0 Å². The van der Waals surface area contributed by atoms with E-state index in [1.165, 1.54) is 17.0 Å². The number of likely N-dealkylation sites (N-methyl/N-ethyl adjacent to an activating group) is 1. The molecule has 2 aliphatic heterocycles. The summed E-state index contributed by atoms with van der Waals surface area (Å²) in [6.45, 7) is 1.37. The number of benzene rings is 2. The molecule has 2 N–H and O–H groups in total. The second kappa shape index (κ2) is 7.12. The molecule has 2 aliphatic rings. The zero-order valence-corrected chi connectivity index (χ0v) is 16.6. The Morgan fingerprint density at radius 2 is 1.77 bits per heavy atom. The highest BCUT2D eigenvalue weighted by Crippen LogP contribution is 2.33. The van der Waals surface area contributed by atoms with Crippen molar-refractivity contribution in [2.75, 3.05) is 13.6 Å². The van der Waals surface area contributed by atoms with E-state index < -0.39 is 23.2 Å². The molecule has 1 aromatic heterocycles. The van der Waals surface area contributed by atoms with Crippen LogP contribution in [-0.4, -0.2) is 34.4 Å². The number of hydrogen-bond acceptors (Lipinski definition) is 3. The van der Waals surface area contributed by atoms with Crippen LogP contribution in [0, 0.1) is 17.5 Å². The number of nitrogens with zero attached hydrogens (tertiary/aromatic N) is 2. The molecule has 1 atom stereocenters. The molecular weight excluding hydrogens is 409 g/mol. The number of rotatable bonds is 1. The lowest BCUT2D eigenvalue weighted by atomic mass is 9.94. The van der Waals surface area contributed by atoms with Crippen LogP contribution in [0.5, 0.6) is 0 Å². The van der Waals surface area contributed by atoms with Crippen molar-refractivity contribution < 1.29 is 18.0 Å². The van der Waals surface area contributed by atoms with Crippen LogP contribution in [-0.2, 0) is 19.6 Å². The molecule has 3 heterocycles. The van der Waals surface area contributed by atoms with Crippen LogP contribution in [0.25, 0.3) is 10.8 Å². The fourth-order valence-electron chi connectivity index (χ4n) is 4.53. The second-order valence-electron chi connectivity index (χ2n) is 7.97. The Morgan fingerprint density at radius 1 is 1.06 bits per heavy atom. The molecule has 160 valence electrons. The number of nitrogens with one attached hydrogen (secondary N) is 2. The average Bonchev–Trinajstić information content (AvgIpc) is 3.17. The highest BCUT2D eigenvalue weighted by atomic mass is 19.2. The fraction of sp³-hybridized carbons (Fsp3) is 0.273. The minimum absolute atomic E-state index is 0.0365. The average molecular weight is 428 g/mol. The number of fused-ring (bicyclic) bond motifs is 4. The maximum Gasteiger partial charge on any atom is 0.320 e. The van der Waals surface area contributed by atoms with Gasteiger partial charge in [-0.3, -0.25) is 4.79 Å². The van der Waals surface area contributed by atoms with E-state index in [2.05, 4.69) is 10.3 Å². The van der Waals surface area contributed by atoms with Gasteiger partial charge < -0.3 is 20.1 Å². The van der Waals surface area contributed by atoms with Gasteiger partial charge in [0.1, 0.15) is 5.82 Å². The predicted molar refractivity (Wildman–Crippen MR) is 108 cm³/mol. The zero-order valence-electron chi connectivity index (χ0n) is 16.6. The van der Waals surface area contributed by atoms with Crippen LogP contribution in [0.3, 0.4) is 0 Å². The van der Waals surface area contributed by atoms with Gasteiger partial charge in [0.2, 0.25) is 0 Å². The van der Waals surface area contributed by atoms with Gasteiger partial charge in [-0.15, -0.1) is 0 Å². The number of carbonyl (C=O) groups excluding carboxylic acids is 1. The summed E-state index contributed by atoms with van der Waals surface area (Å²) in [7, 11) is 1.63. The number of amides is 2. The van der Waals surface area contributed by atoms with Crippen LogP contribution in [0.4, 0.5) is 18.0 Å². The molecular formula is C22H19F3N4O2. The van der Waals surface area contributed by atoms with Crippen molar-refractivity contribution in [3.05, 3.63) is 80.5 Å². The summed E-state index contributed by atoms with van der Waals surface area (Å²) < 4.78 is 41.4. The number of pyridine rings is 1. The van der Waals surface area contributed by atoms with E-state index in [4.69, 9.17) is 0 Å². The van der Waals surface area contributed by atoms with Crippen molar-refractivity contribution >= 4 is 16.8 Å². The number of hydrogen-bond donors (Lipinski definition) is 2. The summed E-state index contributed by atoms with van der Waals surface area (Å²) in [5.74, 6) is -2.50. The third-order valence-corrected chi connectivity index (χ3v) is 6.09. The van der Waals surface area contributed by atoms with Gasteiger partial charge in [0.15, 0.2) is 11.6 Å². The Hall–Kier alpha value is -3.33. The van der Waals surface area contributed by atoms with E-state index in [1.807, 2.05) is 0 Å². The number of aromatic nitrogens is 1. The quantitative estimate of drug-likeness (QED) is 0.626. The molecule has 6 nitrogen and oxygen atoms in total. The molecule has 3 aromatic rings. The van der Waals surface area contributed by atoms with E-state index in [9.17, 15) is 22.8 Å². The first kappa shape index (κ1) is 19.6. The van der Waals surface area contributed by atoms with E-state index in [1.54, 1.807) is 18.0 Å². The minimum Gasteiger partial charge on any atom is -0.324 e. The molecule has 0 aliphatic carbocycles. The van der Waals surface area contributed by atoms with E-state index in [0.29, 0.717) is 30.9 Å². The Morgan fingerprint density at radius 3 is 2.55 bits per heavy atom. The van der Waals surface area contributed by atoms with Crippen molar-refractivity contribution in [2.45, 2.75) is 25.7 Å². The van der Waals surface area contributed by atoms with Gasteiger partial charge in [0.25, 0.3) is 5.56 Å². The molecule has 5 rings (SSSR count). The first-order chi connectivity index (χ1) is 14.8. The van der Waals surface area contributed by atoms with Crippen LogP contribution in [0.2, 0.25) is 0 Å². The SMILES string of the molecule is CN(C(=O)N1Cc2ccc(F)cc2C1)[C@@H]1CNCc2[nH]c(=O)c3cc(F)c(F)cc3c21. The van der Waals surface area contributed by atoms with Crippen LogP contribution in [0.15, 0.2) is 35.1 Å². The summed E-state index contributed by atoms with van der Waals surface area (Å²) in [5.41, 5.74) is 2.26.